The van der Waals surface area contributed by atoms with Crippen molar-refractivity contribution in [1.29, 1.82) is 0 Å². The molecule has 0 bridgehead atoms. The zero-order valence-electron chi connectivity index (χ0n) is 24.2. The minimum atomic E-state index is -2.91. The molecule has 0 aromatic carbocycles. The molecule has 0 saturated carbocycles. The van der Waals surface area contributed by atoms with E-state index in [-0.39, 0.29) is 25.3 Å². The lowest BCUT2D eigenvalue weighted by Gasteiger charge is -2.26. The number of imidazole rings is 1. The van der Waals surface area contributed by atoms with Crippen molar-refractivity contribution in [1.82, 2.24) is 34.2 Å². The van der Waals surface area contributed by atoms with Gasteiger partial charge in [0.1, 0.15) is 23.1 Å². The molecule has 218 valence electrons. The monoisotopic (exact) mass is 568 g/mol. The first kappa shape index (κ1) is 28.4. The molecule has 1 saturated heterocycles. The number of carbonyl (C=O) groups is 1. The number of anilines is 2. The van der Waals surface area contributed by atoms with E-state index in [1.807, 2.05) is 20.8 Å². The number of methoxy groups -OCH3 is 1. The molecule has 11 nitrogen and oxygen atoms in total. The highest BCUT2D eigenvalue weighted by Gasteiger charge is 2.49. The third kappa shape index (κ3) is 5.58. The van der Waals surface area contributed by atoms with Crippen LogP contribution in [0.15, 0.2) is 30.6 Å². The van der Waals surface area contributed by atoms with E-state index in [1.165, 1.54) is 24.9 Å². The summed E-state index contributed by atoms with van der Waals surface area (Å²) in [6.45, 7) is 7.29. The molecule has 13 heteroatoms. The van der Waals surface area contributed by atoms with Gasteiger partial charge < -0.3 is 19.4 Å². The number of aryl methyl sites for hydroxylation is 1. The number of carbonyl (C=O) groups excluding carboxylic acids is 1. The van der Waals surface area contributed by atoms with Crippen molar-refractivity contribution >= 4 is 28.7 Å². The number of likely N-dealkylation sites (N-methyl/N-ethyl adjacent to an activating group) is 1. The second-order valence-electron chi connectivity index (χ2n) is 11.5. The van der Waals surface area contributed by atoms with Crippen LogP contribution in [-0.4, -0.2) is 73.2 Å². The highest BCUT2D eigenvalue weighted by molar-refractivity contribution is 5.84. The van der Waals surface area contributed by atoms with Crippen molar-refractivity contribution in [2.24, 2.45) is 7.05 Å². The summed E-state index contributed by atoms with van der Waals surface area (Å²) in [4.78, 5) is 26.4. The fraction of sp³-hybridized carbons (Fsp3) is 0.464. The predicted octanol–water partition coefficient (Wildman–Crippen LogP) is 4.66. The average molecular weight is 569 g/mol. The molecule has 1 aliphatic heterocycles. The van der Waals surface area contributed by atoms with E-state index in [9.17, 15) is 13.6 Å². The summed E-state index contributed by atoms with van der Waals surface area (Å²) in [6, 6.07) is 4.08. The van der Waals surface area contributed by atoms with Gasteiger partial charge in [0.05, 0.1) is 25.5 Å². The van der Waals surface area contributed by atoms with Gasteiger partial charge >= 0.3 is 0 Å². The number of nitrogens with one attached hydrogen (secondary N) is 1. The van der Waals surface area contributed by atoms with Crippen LogP contribution in [0.3, 0.4) is 0 Å². The number of Topliss-reactive ketones (excluding diaryl/α,β-unsaturated/α-hetero) is 1. The number of nitrogens with zero attached hydrogens (tertiary/aromatic N) is 7. The molecular formula is C28H34F2N8O3. The molecule has 41 heavy (non-hydrogen) atoms. The van der Waals surface area contributed by atoms with E-state index in [0.717, 1.165) is 0 Å². The van der Waals surface area contributed by atoms with E-state index in [4.69, 9.17) is 9.47 Å². The number of ketones is 1. The van der Waals surface area contributed by atoms with Crippen molar-refractivity contribution < 1.29 is 23.0 Å². The Morgan fingerprint density at radius 2 is 1.98 bits per heavy atom. The van der Waals surface area contributed by atoms with Gasteiger partial charge in [-0.2, -0.15) is 10.1 Å². The molecule has 1 aliphatic rings. The maximum Gasteiger partial charge on any atom is 0.283 e. The van der Waals surface area contributed by atoms with Crippen LogP contribution < -0.4 is 14.8 Å². The molecule has 1 N–H and O–H groups in total. The molecule has 0 aliphatic carbocycles. The second-order valence-corrected chi connectivity index (χ2v) is 11.5. The number of alkyl halides is 2. The van der Waals surface area contributed by atoms with Gasteiger partial charge in [0, 0.05) is 49.5 Å². The quantitative estimate of drug-likeness (QED) is 0.324. The second kappa shape index (κ2) is 10.4. The van der Waals surface area contributed by atoms with Crippen molar-refractivity contribution in [2.75, 3.05) is 32.6 Å². The van der Waals surface area contributed by atoms with Gasteiger partial charge in [0.2, 0.25) is 5.95 Å². The SMILES string of the molecule is COc1c(Oc2ccnc(CC(C)=O)c2)cnc2nc(Nc3cc(C(C)(C)C)n([C@H]4CN(C)CC4(F)F)n3)n(C)c12. The number of likely N-dealkylation sites (tertiary alicyclic amines) is 1. The number of hydrogen-bond donors (Lipinski definition) is 1. The number of halogens is 2. The van der Waals surface area contributed by atoms with Gasteiger partial charge in [-0.3, -0.25) is 19.4 Å². The summed E-state index contributed by atoms with van der Waals surface area (Å²) in [5, 5.41) is 7.77. The molecule has 1 fully saturated rings. The zero-order valence-corrected chi connectivity index (χ0v) is 24.2. The van der Waals surface area contributed by atoms with Gasteiger partial charge in [-0.25, -0.2) is 13.8 Å². The number of fused-ring (bicyclic) bond motifs is 1. The number of rotatable bonds is 8. The van der Waals surface area contributed by atoms with Crippen molar-refractivity contribution in [2.45, 2.75) is 51.5 Å². The first-order valence-electron chi connectivity index (χ1n) is 13.2. The van der Waals surface area contributed by atoms with Gasteiger partial charge in [-0.05, 0) is 20.0 Å². The molecule has 5 heterocycles. The first-order chi connectivity index (χ1) is 19.3. The average Bonchev–Trinajstić information content (AvgIpc) is 3.51. The predicted molar refractivity (Wildman–Crippen MR) is 149 cm³/mol. The first-order valence-corrected chi connectivity index (χ1v) is 13.2. The standard InChI is InChI=1S/C28H34F2N8O3/c1-16(39)10-17-11-18(8-9-31-17)41-19-13-32-25-23(24(19)40-7)37(6)26(34-25)33-22-12-20(27(2,3)4)38(35-22)21-14-36(5)15-28(21,29)30/h8-9,11-13,21H,10,14-15H2,1-7H3,(H,32,33,34,35)/t21-/m0/s1. The van der Waals surface area contributed by atoms with Crippen molar-refractivity contribution in [3.63, 3.8) is 0 Å². The van der Waals surface area contributed by atoms with Crippen LogP contribution in [0.4, 0.5) is 20.5 Å². The molecule has 0 spiro atoms. The lowest BCUT2D eigenvalue weighted by molar-refractivity contribution is -0.116. The molecule has 4 aromatic rings. The minimum absolute atomic E-state index is 0.00558. The number of hydrogen-bond acceptors (Lipinski definition) is 9. The molecule has 0 radical (unpaired) electrons. The lowest BCUT2D eigenvalue weighted by atomic mass is 9.91. The normalized spacial score (nSPS) is 17.2. The smallest absolute Gasteiger partial charge is 0.283 e. The summed E-state index contributed by atoms with van der Waals surface area (Å²) in [5.74, 6) is -0.899. The van der Waals surface area contributed by atoms with Crippen molar-refractivity contribution in [3.05, 3.63) is 42.0 Å². The Morgan fingerprint density at radius 1 is 1.22 bits per heavy atom. The van der Waals surface area contributed by atoms with Crippen LogP contribution in [0.25, 0.3) is 11.2 Å². The third-order valence-electron chi connectivity index (χ3n) is 6.96. The van der Waals surface area contributed by atoms with E-state index in [1.54, 1.807) is 48.0 Å². The Bertz CT molecular complexity index is 1610. The van der Waals surface area contributed by atoms with E-state index < -0.39 is 17.4 Å². The third-order valence-corrected chi connectivity index (χ3v) is 6.96. The van der Waals surface area contributed by atoms with Crippen molar-refractivity contribution in [3.8, 4) is 17.2 Å². The van der Waals surface area contributed by atoms with E-state index in [2.05, 4.69) is 25.4 Å². The van der Waals surface area contributed by atoms with Gasteiger partial charge in [0.15, 0.2) is 23.0 Å². The Kier molecular flexibility index (Phi) is 7.18. The van der Waals surface area contributed by atoms with Crippen LogP contribution in [0.2, 0.25) is 0 Å². The van der Waals surface area contributed by atoms with Gasteiger partial charge in [0.25, 0.3) is 5.92 Å². The summed E-state index contributed by atoms with van der Waals surface area (Å²) < 4.78 is 44.8. The molecular weight excluding hydrogens is 534 g/mol. The summed E-state index contributed by atoms with van der Waals surface area (Å²) in [5.41, 5.74) is 1.80. The van der Waals surface area contributed by atoms with Gasteiger partial charge in [-0.1, -0.05) is 20.8 Å². The van der Waals surface area contributed by atoms with Crippen LogP contribution in [0.5, 0.6) is 17.2 Å². The summed E-state index contributed by atoms with van der Waals surface area (Å²) in [6.07, 6.45) is 3.28. The number of ether oxygens (including phenoxy) is 2. The Morgan fingerprint density at radius 3 is 2.61 bits per heavy atom. The maximum atomic E-state index is 14.9. The topological polar surface area (TPSA) is 112 Å². The molecule has 4 aromatic heterocycles. The van der Waals surface area contributed by atoms with E-state index >= 15 is 0 Å². The minimum Gasteiger partial charge on any atom is -0.491 e. The fourth-order valence-corrected chi connectivity index (χ4v) is 5.09. The molecule has 1 atom stereocenters. The Labute approximate surface area is 236 Å². The largest absolute Gasteiger partial charge is 0.491 e. The highest BCUT2D eigenvalue weighted by Crippen LogP contribution is 2.41. The number of pyridine rings is 2. The van der Waals surface area contributed by atoms with E-state index in [0.29, 0.717) is 51.6 Å². The molecule has 0 unspecified atom stereocenters. The summed E-state index contributed by atoms with van der Waals surface area (Å²) in [7, 11) is 4.99. The van der Waals surface area contributed by atoms with Gasteiger partial charge in [-0.15, -0.1) is 0 Å². The fourth-order valence-electron chi connectivity index (χ4n) is 5.09. The zero-order chi connectivity index (χ0) is 29.7. The summed E-state index contributed by atoms with van der Waals surface area (Å²) >= 11 is 0. The van der Waals surface area contributed by atoms with Crippen LogP contribution >= 0.6 is 0 Å². The molecule has 5 rings (SSSR count). The highest BCUT2D eigenvalue weighted by atomic mass is 19.3. The lowest BCUT2D eigenvalue weighted by Crippen LogP contribution is -2.33. The van der Waals surface area contributed by atoms with Crippen LogP contribution in [-0.2, 0) is 23.7 Å². The Hall–Kier alpha value is -4.13. The number of aromatic nitrogens is 6. The van der Waals surface area contributed by atoms with Crippen LogP contribution in [0.1, 0.15) is 45.1 Å². The molecule has 0 amide bonds. The maximum absolute atomic E-state index is 14.9. The van der Waals surface area contributed by atoms with Crippen LogP contribution in [0, 0.1) is 0 Å². The Balaban J connectivity index is 1.49.